The van der Waals surface area contributed by atoms with Crippen LogP contribution in [-0.2, 0) is 11.2 Å². The van der Waals surface area contributed by atoms with Crippen LogP contribution in [0.5, 0.6) is 0 Å². The Morgan fingerprint density at radius 3 is 2.65 bits per heavy atom. The Hall–Kier alpha value is -2.24. The molecule has 0 amide bonds. The van der Waals surface area contributed by atoms with Crippen LogP contribution in [0.2, 0.25) is 0 Å². The normalized spacial score (nSPS) is 17.7. The number of rotatable bonds is 2. The molecule has 23 heavy (non-hydrogen) atoms. The predicted molar refractivity (Wildman–Crippen MR) is 82.7 cm³/mol. The summed E-state index contributed by atoms with van der Waals surface area (Å²) < 4.78 is 20.3. The largest absolute Gasteiger partial charge is 0.455 e. The molecule has 1 unspecified atom stereocenters. The Kier molecular flexibility index (Phi) is 3.92. The Morgan fingerprint density at radius 1 is 1.30 bits per heavy atom. The van der Waals surface area contributed by atoms with Crippen molar-refractivity contribution in [3.05, 3.63) is 47.0 Å². The first-order valence-electron chi connectivity index (χ1n) is 7.78. The van der Waals surface area contributed by atoms with Crippen LogP contribution in [0.1, 0.15) is 61.4 Å². The van der Waals surface area contributed by atoms with E-state index in [4.69, 9.17) is 4.74 Å². The third-order valence-electron chi connectivity index (χ3n) is 3.82. The van der Waals surface area contributed by atoms with Crippen molar-refractivity contribution in [3.63, 3.8) is 0 Å². The van der Waals surface area contributed by atoms with Crippen molar-refractivity contribution in [2.24, 2.45) is 0 Å². The summed E-state index contributed by atoms with van der Waals surface area (Å²) in [6.07, 6.45) is 2.54. The lowest BCUT2D eigenvalue weighted by molar-refractivity contribution is 0.00612. The smallest absolute Gasteiger partial charge is 0.361 e. The van der Waals surface area contributed by atoms with Crippen LogP contribution < -0.4 is 0 Å². The topological polar surface area (TPSA) is 57.0 Å². The van der Waals surface area contributed by atoms with Crippen LogP contribution in [0.25, 0.3) is 0 Å². The molecule has 2 heterocycles. The maximum Gasteiger partial charge on any atom is 0.361 e. The Balaban J connectivity index is 1.92. The summed E-state index contributed by atoms with van der Waals surface area (Å²) in [7, 11) is 0. The molecule has 1 aromatic carbocycles. The van der Waals surface area contributed by atoms with E-state index in [2.05, 4.69) is 10.3 Å². The average molecular weight is 317 g/mol. The Labute approximate surface area is 134 Å². The van der Waals surface area contributed by atoms with Gasteiger partial charge in [0.05, 0.1) is 11.7 Å². The zero-order valence-electron chi connectivity index (χ0n) is 13.5. The lowest BCUT2D eigenvalue weighted by Crippen LogP contribution is -2.26. The summed E-state index contributed by atoms with van der Waals surface area (Å²) in [5.41, 5.74) is 1.47. The number of benzene rings is 1. The van der Waals surface area contributed by atoms with Crippen molar-refractivity contribution >= 4 is 5.97 Å². The van der Waals surface area contributed by atoms with Crippen LogP contribution in [0.3, 0.4) is 0 Å². The van der Waals surface area contributed by atoms with Crippen molar-refractivity contribution in [2.45, 2.75) is 51.7 Å². The van der Waals surface area contributed by atoms with E-state index in [9.17, 15) is 9.18 Å². The van der Waals surface area contributed by atoms with Crippen molar-refractivity contribution in [2.75, 3.05) is 0 Å². The molecule has 0 bridgehead atoms. The number of hydrogen-bond donors (Lipinski definition) is 0. The summed E-state index contributed by atoms with van der Waals surface area (Å²) in [5.74, 6) is -0.712. The van der Waals surface area contributed by atoms with Gasteiger partial charge in [0, 0.05) is 0 Å². The van der Waals surface area contributed by atoms with Gasteiger partial charge in [-0.25, -0.2) is 13.9 Å². The van der Waals surface area contributed by atoms with Gasteiger partial charge in [0.25, 0.3) is 0 Å². The number of halogens is 1. The van der Waals surface area contributed by atoms with Crippen LogP contribution in [0.15, 0.2) is 24.3 Å². The molecule has 0 spiro atoms. The van der Waals surface area contributed by atoms with Crippen LogP contribution in [0.4, 0.5) is 4.39 Å². The molecule has 1 aliphatic heterocycles. The van der Waals surface area contributed by atoms with Gasteiger partial charge in [-0.2, -0.15) is 0 Å². The molecule has 0 N–H and O–H groups in total. The highest BCUT2D eigenvalue weighted by Gasteiger charge is 2.30. The molecule has 5 nitrogen and oxygen atoms in total. The minimum absolute atomic E-state index is 0.0250. The summed E-state index contributed by atoms with van der Waals surface area (Å²) in [4.78, 5) is 12.3. The van der Waals surface area contributed by atoms with Gasteiger partial charge in [-0.15, -0.1) is 5.10 Å². The number of fused-ring (bicyclic) bond motifs is 1. The molecular weight excluding hydrogens is 297 g/mol. The minimum atomic E-state index is -0.571. The Morgan fingerprint density at radius 2 is 2.00 bits per heavy atom. The van der Waals surface area contributed by atoms with Crippen LogP contribution >= 0.6 is 0 Å². The maximum absolute atomic E-state index is 13.1. The number of ether oxygens (including phenoxy) is 1. The number of carbonyl (C=O) groups is 1. The number of nitrogens with zero attached hydrogens (tertiary/aromatic N) is 3. The zero-order chi connectivity index (χ0) is 16.6. The standard InChI is InChI=1S/C17H20FN3O2/c1-17(2,3)23-16(22)15-14-6-4-5-13(21(14)20-19-15)11-7-9-12(18)10-8-11/h7-10,13H,4-6H2,1-3H3. The summed E-state index contributed by atoms with van der Waals surface area (Å²) in [5, 5.41) is 8.20. The van der Waals surface area contributed by atoms with Gasteiger partial charge in [0.1, 0.15) is 11.4 Å². The molecule has 0 fully saturated rings. The highest BCUT2D eigenvalue weighted by Crippen LogP contribution is 2.31. The van der Waals surface area contributed by atoms with Gasteiger partial charge < -0.3 is 4.74 Å². The highest BCUT2D eigenvalue weighted by molar-refractivity contribution is 5.88. The van der Waals surface area contributed by atoms with Crippen molar-refractivity contribution in [1.82, 2.24) is 15.0 Å². The summed E-state index contributed by atoms with van der Waals surface area (Å²) in [6.45, 7) is 5.46. The van der Waals surface area contributed by atoms with E-state index in [1.807, 2.05) is 20.8 Å². The van der Waals surface area contributed by atoms with Gasteiger partial charge in [-0.1, -0.05) is 17.3 Å². The van der Waals surface area contributed by atoms with E-state index < -0.39 is 11.6 Å². The van der Waals surface area contributed by atoms with Gasteiger partial charge in [-0.05, 0) is 57.7 Å². The molecule has 0 saturated carbocycles. The lowest BCUT2D eigenvalue weighted by atomic mass is 9.96. The third-order valence-corrected chi connectivity index (χ3v) is 3.82. The molecule has 0 aliphatic carbocycles. The van der Waals surface area contributed by atoms with Gasteiger partial charge >= 0.3 is 5.97 Å². The van der Waals surface area contributed by atoms with E-state index in [0.29, 0.717) is 0 Å². The third kappa shape index (κ3) is 3.25. The van der Waals surface area contributed by atoms with Gasteiger partial charge in [0.15, 0.2) is 5.69 Å². The monoisotopic (exact) mass is 317 g/mol. The first-order valence-corrected chi connectivity index (χ1v) is 7.78. The lowest BCUT2D eigenvalue weighted by Gasteiger charge is -2.25. The molecule has 1 aromatic heterocycles. The quantitative estimate of drug-likeness (QED) is 0.798. The summed E-state index contributed by atoms with van der Waals surface area (Å²) >= 11 is 0. The second-order valence-electron chi connectivity index (χ2n) is 6.79. The van der Waals surface area contributed by atoms with Gasteiger partial charge in [0.2, 0.25) is 0 Å². The molecule has 0 saturated heterocycles. The fourth-order valence-electron chi connectivity index (χ4n) is 2.86. The first-order chi connectivity index (χ1) is 10.8. The first kappa shape index (κ1) is 15.6. The average Bonchev–Trinajstić information content (AvgIpc) is 2.90. The van der Waals surface area contributed by atoms with Gasteiger partial charge in [-0.3, -0.25) is 0 Å². The van der Waals surface area contributed by atoms with Crippen molar-refractivity contribution < 1.29 is 13.9 Å². The van der Waals surface area contributed by atoms with E-state index in [0.717, 1.165) is 30.5 Å². The van der Waals surface area contributed by atoms with Crippen molar-refractivity contribution in [3.8, 4) is 0 Å². The second-order valence-corrected chi connectivity index (χ2v) is 6.79. The molecule has 6 heteroatoms. The Bertz CT molecular complexity index is 716. The minimum Gasteiger partial charge on any atom is -0.455 e. The molecule has 3 rings (SSSR count). The van der Waals surface area contributed by atoms with Crippen LogP contribution in [-0.4, -0.2) is 26.6 Å². The molecule has 0 radical (unpaired) electrons. The summed E-state index contributed by atoms with van der Waals surface area (Å²) in [6, 6.07) is 6.36. The highest BCUT2D eigenvalue weighted by atomic mass is 19.1. The molecule has 1 aliphatic rings. The number of esters is 1. The number of hydrogen-bond acceptors (Lipinski definition) is 4. The van der Waals surface area contributed by atoms with E-state index in [-0.39, 0.29) is 17.6 Å². The fraction of sp³-hybridized carbons (Fsp3) is 0.471. The van der Waals surface area contributed by atoms with Crippen molar-refractivity contribution in [1.29, 1.82) is 0 Å². The van der Waals surface area contributed by atoms with E-state index in [1.54, 1.807) is 16.8 Å². The number of aromatic nitrogens is 3. The maximum atomic E-state index is 13.1. The zero-order valence-corrected chi connectivity index (χ0v) is 13.5. The van der Waals surface area contributed by atoms with E-state index >= 15 is 0 Å². The molecule has 1 atom stereocenters. The molecular formula is C17H20FN3O2. The van der Waals surface area contributed by atoms with E-state index in [1.165, 1.54) is 12.1 Å². The second kappa shape index (κ2) is 5.76. The fourth-order valence-corrected chi connectivity index (χ4v) is 2.86. The number of carbonyl (C=O) groups excluding carboxylic acids is 1. The SMILES string of the molecule is CC(C)(C)OC(=O)c1nnn2c1CCCC2c1ccc(F)cc1. The predicted octanol–water partition coefficient (Wildman–Crippen LogP) is 3.30. The molecule has 2 aromatic rings. The molecule has 122 valence electrons. The van der Waals surface area contributed by atoms with Crippen LogP contribution in [0, 0.1) is 5.82 Å².